The second-order valence-corrected chi connectivity index (χ2v) is 10.1. The molecule has 0 aromatic rings. The average molecular weight is 449 g/mol. The topological polar surface area (TPSA) is 120 Å². The van der Waals surface area contributed by atoms with Crippen LogP contribution < -0.4 is 10.6 Å². The number of amides is 2. The van der Waals surface area contributed by atoms with Crippen LogP contribution in [-0.4, -0.2) is 67.3 Å². The number of carbonyl (C=O) groups is 4. The van der Waals surface area contributed by atoms with Crippen LogP contribution in [0.25, 0.3) is 0 Å². The summed E-state index contributed by atoms with van der Waals surface area (Å²) in [5, 5.41) is 5.18. The van der Waals surface area contributed by atoms with E-state index in [4.69, 9.17) is 14.2 Å². The lowest BCUT2D eigenvalue weighted by Gasteiger charge is -2.23. The van der Waals surface area contributed by atoms with Gasteiger partial charge in [-0.2, -0.15) is 11.8 Å². The maximum Gasteiger partial charge on any atom is 0.408 e. The summed E-state index contributed by atoms with van der Waals surface area (Å²) in [7, 11) is 2.49. The molecule has 0 aromatic carbocycles. The summed E-state index contributed by atoms with van der Waals surface area (Å²) in [6.45, 7) is 10.9. The lowest BCUT2D eigenvalue weighted by Crippen LogP contribution is -2.45. The Morgan fingerprint density at radius 1 is 0.867 bits per heavy atom. The molecule has 0 spiro atoms. The lowest BCUT2D eigenvalue weighted by molar-refractivity contribution is -0.145. The van der Waals surface area contributed by atoms with Gasteiger partial charge in [-0.05, 0) is 38.4 Å². The van der Waals surface area contributed by atoms with Crippen LogP contribution in [0.1, 0.15) is 54.4 Å². The van der Waals surface area contributed by atoms with Gasteiger partial charge in [-0.1, -0.05) is 20.8 Å². The molecule has 0 aliphatic heterocycles. The van der Waals surface area contributed by atoms with Gasteiger partial charge in [-0.15, -0.1) is 0 Å². The van der Waals surface area contributed by atoms with Crippen LogP contribution in [0, 0.1) is 5.41 Å². The van der Waals surface area contributed by atoms with Crippen molar-refractivity contribution < 1.29 is 33.4 Å². The van der Waals surface area contributed by atoms with Gasteiger partial charge in [0.15, 0.2) is 0 Å². The zero-order valence-electron chi connectivity index (χ0n) is 19.2. The number of ether oxygens (including phenoxy) is 3. The fourth-order valence-electron chi connectivity index (χ4n) is 2.28. The van der Waals surface area contributed by atoms with Gasteiger partial charge in [0.1, 0.15) is 17.7 Å². The van der Waals surface area contributed by atoms with Crippen molar-refractivity contribution in [1.29, 1.82) is 0 Å². The van der Waals surface area contributed by atoms with Gasteiger partial charge in [-0.25, -0.2) is 14.4 Å². The molecule has 174 valence electrons. The number of thioether (sulfide) groups is 1. The van der Waals surface area contributed by atoms with E-state index < -0.39 is 35.7 Å². The summed E-state index contributed by atoms with van der Waals surface area (Å²) in [6, 6.07) is -1.69. The largest absolute Gasteiger partial charge is 0.467 e. The summed E-state index contributed by atoms with van der Waals surface area (Å²) in [4.78, 5) is 48.0. The second-order valence-electron chi connectivity index (χ2n) is 8.97. The van der Waals surface area contributed by atoms with Gasteiger partial charge >= 0.3 is 18.0 Å². The monoisotopic (exact) mass is 448 g/mol. The minimum atomic E-state index is -0.901. The lowest BCUT2D eigenvalue weighted by atomic mass is 9.92. The Hall–Kier alpha value is -1.97. The van der Waals surface area contributed by atoms with Crippen molar-refractivity contribution >= 4 is 35.7 Å². The van der Waals surface area contributed by atoms with Crippen molar-refractivity contribution in [2.45, 2.75) is 72.1 Å². The molecule has 0 bridgehead atoms. The molecule has 2 atom stereocenters. The van der Waals surface area contributed by atoms with E-state index in [9.17, 15) is 19.2 Å². The molecular weight excluding hydrogens is 412 g/mol. The van der Waals surface area contributed by atoms with Crippen molar-refractivity contribution in [3.8, 4) is 0 Å². The van der Waals surface area contributed by atoms with Gasteiger partial charge in [0.25, 0.3) is 0 Å². The van der Waals surface area contributed by atoms with Gasteiger partial charge in [0, 0.05) is 12.2 Å². The van der Waals surface area contributed by atoms with E-state index in [0.29, 0.717) is 12.2 Å². The summed E-state index contributed by atoms with van der Waals surface area (Å²) < 4.78 is 14.6. The number of methoxy groups -OCH3 is 2. The highest BCUT2D eigenvalue weighted by Gasteiger charge is 2.27. The first-order valence-electron chi connectivity index (χ1n) is 9.71. The number of rotatable bonds is 10. The molecule has 2 amide bonds. The Labute approximate surface area is 183 Å². The zero-order chi connectivity index (χ0) is 23.5. The van der Waals surface area contributed by atoms with E-state index >= 15 is 0 Å². The summed E-state index contributed by atoms with van der Waals surface area (Å²) in [6.07, 6.45) is -0.133. The van der Waals surface area contributed by atoms with Crippen LogP contribution in [0.5, 0.6) is 0 Å². The number of carbonyl (C=O) groups excluding carboxylic acids is 4. The quantitative estimate of drug-likeness (QED) is 0.297. The maximum absolute atomic E-state index is 12.1. The SMILES string of the molecule is COC(=O)[C@H](CCSC[C@H](NC(=O)OC(C)(C)C)C(=O)OC)NC(=O)CC(C)(C)C. The second kappa shape index (κ2) is 12.7. The summed E-state index contributed by atoms with van der Waals surface area (Å²) >= 11 is 1.33. The first-order valence-corrected chi connectivity index (χ1v) is 10.9. The molecular formula is C20H36N2O7S. The summed E-state index contributed by atoms with van der Waals surface area (Å²) in [5.41, 5.74) is -0.905. The van der Waals surface area contributed by atoms with Crippen molar-refractivity contribution in [3.05, 3.63) is 0 Å². The van der Waals surface area contributed by atoms with Crippen LogP contribution in [0.15, 0.2) is 0 Å². The number of hydrogen-bond donors (Lipinski definition) is 2. The maximum atomic E-state index is 12.1. The van der Waals surface area contributed by atoms with E-state index in [2.05, 4.69) is 10.6 Å². The molecule has 0 fully saturated rings. The standard InChI is InChI=1S/C20H36N2O7S/c1-19(2,3)11-15(23)21-13(16(24)27-7)9-10-30-12-14(17(25)28-8)22-18(26)29-20(4,5)6/h13-14H,9-12H2,1-8H3,(H,21,23)(H,22,26)/t13-,14-/m0/s1. The highest BCUT2D eigenvalue weighted by Crippen LogP contribution is 2.18. The minimum Gasteiger partial charge on any atom is -0.467 e. The predicted molar refractivity (Wildman–Crippen MR) is 115 cm³/mol. The Balaban J connectivity index is 4.74. The molecule has 0 radical (unpaired) electrons. The highest BCUT2D eigenvalue weighted by atomic mass is 32.2. The smallest absolute Gasteiger partial charge is 0.408 e. The van der Waals surface area contributed by atoms with Gasteiger partial charge < -0.3 is 24.8 Å². The van der Waals surface area contributed by atoms with E-state index in [1.807, 2.05) is 20.8 Å². The number of alkyl carbamates (subject to hydrolysis) is 1. The van der Waals surface area contributed by atoms with Crippen LogP contribution in [0.2, 0.25) is 0 Å². The van der Waals surface area contributed by atoms with Crippen molar-refractivity contribution in [1.82, 2.24) is 10.6 Å². The average Bonchev–Trinajstić information content (AvgIpc) is 2.58. The van der Waals surface area contributed by atoms with E-state index in [0.717, 1.165) is 0 Å². The van der Waals surface area contributed by atoms with Crippen molar-refractivity contribution in [2.75, 3.05) is 25.7 Å². The predicted octanol–water partition coefficient (Wildman–Crippen LogP) is 2.27. The number of hydrogen-bond acceptors (Lipinski definition) is 8. The van der Waals surface area contributed by atoms with Crippen molar-refractivity contribution in [2.24, 2.45) is 5.41 Å². The Morgan fingerprint density at radius 3 is 1.87 bits per heavy atom. The Bertz CT molecular complexity index is 545. The Morgan fingerprint density at radius 2 is 1.40 bits per heavy atom. The molecule has 0 heterocycles. The van der Waals surface area contributed by atoms with E-state index in [1.54, 1.807) is 20.8 Å². The molecule has 2 N–H and O–H groups in total. The normalized spacial score (nSPS) is 13.6. The third kappa shape index (κ3) is 13.3. The van der Waals surface area contributed by atoms with Crippen LogP contribution in [0.4, 0.5) is 4.79 Å². The molecule has 10 heteroatoms. The number of esters is 2. The molecule has 0 unspecified atom stereocenters. The fourth-order valence-corrected chi connectivity index (χ4v) is 3.31. The molecule has 30 heavy (non-hydrogen) atoms. The highest BCUT2D eigenvalue weighted by molar-refractivity contribution is 7.99. The molecule has 0 aromatic heterocycles. The van der Waals surface area contributed by atoms with Crippen LogP contribution >= 0.6 is 11.8 Å². The van der Waals surface area contributed by atoms with E-state index in [1.165, 1.54) is 26.0 Å². The van der Waals surface area contributed by atoms with E-state index in [-0.39, 0.29) is 23.5 Å². The number of nitrogens with one attached hydrogen (secondary N) is 2. The molecule has 0 saturated heterocycles. The van der Waals surface area contributed by atoms with Crippen molar-refractivity contribution in [3.63, 3.8) is 0 Å². The molecule has 9 nitrogen and oxygen atoms in total. The first-order chi connectivity index (χ1) is 13.7. The Kier molecular flexibility index (Phi) is 11.8. The van der Waals surface area contributed by atoms with Gasteiger partial charge in [-0.3, -0.25) is 4.79 Å². The third-order valence-corrected chi connectivity index (χ3v) is 4.62. The van der Waals surface area contributed by atoms with Crippen LogP contribution in [0.3, 0.4) is 0 Å². The van der Waals surface area contributed by atoms with Crippen LogP contribution in [-0.2, 0) is 28.6 Å². The third-order valence-electron chi connectivity index (χ3n) is 3.52. The molecule has 0 aliphatic rings. The van der Waals surface area contributed by atoms with Gasteiger partial charge in [0.2, 0.25) is 5.91 Å². The zero-order valence-corrected chi connectivity index (χ0v) is 20.1. The first kappa shape index (κ1) is 28.0. The molecule has 0 saturated carbocycles. The molecule has 0 aliphatic carbocycles. The fraction of sp³-hybridized carbons (Fsp3) is 0.800. The minimum absolute atomic E-state index is 0.208. The summed E-state index contributed by atoms with van der Waals surface area (Å²) in [5.74, 6) is -0.707. The molecule has 0 rings (SSSR count). The van der Waals surface area contributed by atoms with Gasteiger partial charge in [0.05, 0.1) is 14.2 Å².